The Bertz CT molecular complexity index is 1260. The molecule has 31 heavy (non-hydrogen) atoms. The number of benzene rings is 1. The number of halogens is 2. The molecule has 0 aliphatic rings. The van der Waals surface area contributed by atoms with Crippen LogP contribution in [0.4, 0.5) is 14.6 Å². The standard InChI is InChI=1S/C22H22F2N6O/c1-13-6-4-5-7-16(13)11-29-9-8-18(28-29)26-19(31)12-30-22-20(15(3)27-30)17(21(23)24)10-14(2)25-22/h4-10,21H,11-12H2,1-3H3,(H,26,28,31). The molecule has 0 aliphatic carbocycles. The van der Waals surface area contributed by atoms with Crippen molar-refractivity contribution < 1.29 is 13.6 Å². The molecular formula is C22H22F2N6O. The number of hydrogen-bond acceptors (Lipinski definition) is 4. The normalized spacial score (nSPS) is 11.4. The molecule has 0 fully saturated rings. The summed E-state index contributed by atoms with van der Waals surface area (Å²) < 4.78 is 30.0. The Morgan fingerprint density at radius 1 is 1.13 bits per heavy atom. The molecule has 160 valence electrons. The summed E-state index contributed by atoms with van der Waals surface area (Å²) in [5.41, 5.74) is 3.30. The first-order valence-electron chi connectivity index (χ1n) is 9.82. The summed E-state index contributed by atoms with van der Waals surface area (Å²) >= 11 is 0. The second-order valence-electron chi connectivity index (χ2n) is 7.47. The first-order valence-corrected chi connectivity index (χ1v) is 9.82. The predicted molar refractivity (Wildman–Crippen MR) is 113 cm³/mol. The third-order valence-corrected chi connectivity index (χ3v) is 5.07. The Kier molecular flexibility index (Phi) is 5.50. The number of alkyl halides is 2. The molecule has 0 saturated heterocycles. The van der Waals surface area contributed by atoms with Crippen molar-refractivity contribution in [1.82, 2.24) is 24.5 Å². The highest BCUT2D eigenvalue weighted by Crippen LogP contribution is 2.29. The van der Waals surface area contributed by atoms with Crippen molar-refractivity contribution in [3.05, 3.63) is 70.7 Å². The summed E-state index contributed by atoms with van der Waals surface area (Å²) in [7, 11) is 0. The van der Waals surface area contributed by atoms with Crippen LogP contribution < -0.4 is 5.32 Å². The molecular weight excluding hydrogens is 402 g/mol. The van der Waals surface area contributed by atoms with E-state index < -0.39 is 6.43 Å². The summed E-state index contributed by atoms with van der Waals surface area (Å²) in [6, 6.07) is 11.1. The quantitative estimate of drug-likeness (QED) is 0.504. The van der Waals surface area contributed by atoms with Gasteiger partial charge in [0.15, 0.2) is 11.5 Å². The van der Waals surface area contributed by atoms with Crippen molar-refractivity contribution in [2.24, 2.45) is 0 Å². The Morgan fingerprint density at radius 3 is 2.65 bits per heavy atom. The molecule has 4 aromatic rings. The van der Waals surface area contributed by atoms with Gasteiger partial charge in [0.05, 0.1) is 17.6 Å². The third-order valence-electron chi connectivity index (χ3n) is 5.07. The van der Waals surface area contributed by atoms with Gasteiger partial charge in [0, 0.05) is 23.5 Å². The van der Waals surface area contributed by atoms with E-state index in [2.05, 4.69) is 20.5 Å². The van der Waals surface area contributed by atoms with E-state index in [1.54, 1.807) is 30.8 Å². The maximum Gasteiger partial charge on any atom is 0.264 e. The molecule has 1 N–H and O–H groups in total. The van der Waals surface area contributed by atoms with E-state index in [9.17, 15) is 13.6 Å². The maximum atomic E-state index is 13.4. The van der Waals surface area contributed by atoms with Gasteiger partial charge < -0.3 is 5.32 Å². The molecule has 9 heteroatoms. The highest BCUT2D eigenvalue weighted by Gasteiger charge is 2.20. The zero-order valence-electron chi connectivity index (χ0n) is 17.4. The smallest absolute Gasteiger partial charge is 0.264 e. The highest BCUT2D eigenvalue weighted by molar-refractivity contribution is 5.91. The molecule has 0 aliphatic heterocycles. The maximum absolute atomic E-state index is 13.4. The number of aryl methyl sites for hydroxylation is 3. The monoisotopic (exact) mass is 424 g/mol. The molecule has 4 rings (SSSR count). The molecule has 0 atom stereocenters. The van der Waals surface area contributed by atoms with Gasteiger partial charge in [-0.1, -0.05) is 24.3 Å². The van der Waals surface area contributed by atoms with Gasteiger partial charge in [-0.25, -0.2) is 18.4 Å². The number of hydrogen-bond donors (Lipinski definition) is 1. The van der Waals surface area contributed by atoms with Crippen LogP contribution in [0.25, 0.3) is 11.0 Å². The Balaban J connectivity index is 1.50. The van der Waals surface area contributed by atoms with Gasteiger partial charge in [-0.15, -0.1) is 0 Å². The van der Waals surface area contributed by atoms with Crippen LogP contribution in [-0.4, -0.2) is 30.5 Å². The number of aromatic nitrogens is 5. The number of carbonyl (C=O) groups excluding carboxylic acids is 1. The molecule has 1 amide bonds. The van der Waals surface area contributed by atoms with Gasteiger partial charge in [-0.3, -0.25) is 9.48 Å². The minimum atomic E-state index is -2.65. The first kappa shape index (κ1) is 20.6. The van der Waals surface area contributed by atoms with E-state index in [0.717, 1.165) is 11.1 Å². The topological polar surface area (TPSA) is 77.6 Å². The van der Waals surface area contributed by atoms with Crippen molar-refractivity contribution in [3.63, 3.8) is 0 Å². The van der Waals surface area contributed by atoms with Crippen LogP contribution in [0, 0.1) is 20.8 Å². The van der Waals surface area contributed by atoms with E-state index in [4.69, 9.17) is 0 Å². The summed E-state index contributed by atoms with van der Waals surface area (Å²) in [6.07, 6.45) is -0.860. The van der Waals surface area contributed by atoms with Crippen molar-refractivity contribution in [2.75, 3.05) is 5.32 Å². The Hall–Kier alpha value is -3.62. The van der Waals surface area contributed by atoms with E-state index in [-0.39, 0.29) is 29.0 Å². The Morgan fingerprint density at radius 2 is 1.90 bits per heavy atom. The van der Waals surface area contributed by atoms with Crippen LogP contribution in [-0.2, 0) is 17.9 Å². The highest BCUT2D eigenvalue weighted by atomic mass is 19.3. The zero-order chi connectivity index (χ0) is 22.1. The molecule has 1 aromatic carbocycles. The molecule has 0 unspecified atom stereocenters. The van der Waals surface area contributed by atoms with Crippen LogP contribution in [0.15, 0.2) is 42.6 Å². The van der Waals surface area contributed by atoms with E-state index in [0.29, 0.717) is 23.8 Å². The molecule has 0 saturated carbocycles. The largest absolute Gasteiger partial charge is 0.308 e. The summed E-state index contributed by atoms with van der Waals surface area (Å²) in [6.45, 7) is 5.73. The minimum absolute atomic E-state index is 0.124. The van der Waals surface area contributed by atoms with Crippen molar-refractivity contribution in [2.45, 2.75) is 40.3 Å². The van der Waals surface area contributed by atoms with Gasteiger partial charge in [-0.05, 0) is 38.0 Å². The molecule has 0 spiro atoms. The van der Waals surface area contributed by atoms with E-state index >= 15 is 0 Å². The van der Waals surface area contributed by atoms with Crippen molar-refractivity contribution in [1.29, 1.82) is 0 Å². The van der Waals surface area contributed by atoms with Crippen LogP contribution in [0.1, 0.15) is 34.5 Å². The minimum Gasteiger partial charge on any atom is -0.308 e. The lowest BCUT2D eigenvalue weighted by Crippen LogP contribution is -2.20. The second-order valence-corrected chi connectivity index (χ2v) is 7.47. The number of anilines is 1. The molecule has 0 bridgehead atoms. The van der Waals surface area contributed by atoms with Crippen LogP contribution in [0.5, 0.6) is 0 Å². The van der Waals surface area contributed by atoms with Crippen LogP contribution in [0.2, 0.25) is 0 Å². The van der Waals surface area contributed by atoms with Gasteiger partial charge in [-0.2, -0.15) is 10.2 Å². The lowest BCUT2D eigenvalue weighted by molar-refractivity contribution is -0.116. The third kappa shape index (κ3) is 4.30. The molecule has 3 heterocycles. The lowest BCUT2D eigenvalue weighted by Gasteiger charge is -2.07. The number of nitrogens with zero attached hydrogens (tertiary/aromatic N) is 5. The fraction of sp³-hybridized carbons (Fsp3) is 0.273. The van der Waals surface area contributed by atoms with Gasteiger partial charge in [0.1, 0.15) is 6.54 Å². The van der Waals surface area contributed by atoms with Crippen LogP contribution in [0.3, 0.4) is 0 Å². The first-order chi connectivity index (χ1) is 14.8. The van der Waals surface area contributed by atoms with Gasteiger partial charge in [0.2, 0.25) is 5.91 Å². The lowest BCUT2D eigenvalue weighted by atomic mass is 10.1. The molecule has 3 aromatic heterocycles. The SMILES string of the molecule is Cc1cc(C(F)F)c2c(C)nn(CC(=O)Nc3ccn(Cc4ccccc4C)n3)c2n1. The zero-order valence-corrected chi connectivity index (χ0v) is 17.4. The van der Waals surface area contributed by atoms with Crippen molar-refractivity contribution in [3.8, 4) is 0 Å². The fourth-order valence-corrected chi connectivity index (χ4v) is 3.60. The number of pyridine rings is 1. The Labute approximate surface area is 177 Å². The summed E-state index contributed by atoms with van der Waals surface area (Å²) in [5.74, 6) is 0.0385. The number of rotatable bonds is 6. The van der Waals surface area contributed by atoms with E-state index in [1.165, 1.54) is 10.7 Å². The second kappa shape index (κ2) is 8.25. The van der Waals surface area contributed by atoms with Gasteiger partial charge >= 0.3 is 0 Å². The number of nitrogens with one attached hydrogen (secondary N) is 1. The number of amides is 1. The average Bonchev–Trinajstić information content (AvgIpc) is 3.27. The summed E-state index contributed by atoms with van der Waals surface area (Å²) in [5, 5.41) is 11.7. The van der Waals surface area contributed by atoms with Gasteiger partial charge in [0.25, 0.3) is 6.43 Å². The average molecular weight is 424 g/mol. The number of fused-ring (bicyclic) bond motifs is 1. The predicted octanol–water partition coefficient (Wildman–Crippen LogP) is 4.18. The number of carbonyl (C=O) groups is 1. The molecule has 7 nitrogen and oxygen atoms in total. The van der Waals surface area contributed by atoms with Crippen molar-refractivity contribution >= 4 is 22.8 Å². The fourth-order valence-electron chi connectivity index (χ4n) is 3.60. The van der Waals surface area contributed by atoms with E-state index in [1.807, 2.05) is 31.2 Å². The van der Waals surface area contributed by atoms with Crippen LogP contribution >= 0.6 is 0 Å². The molecule has 0 radical (unpaired) electrons. The summed E-state index contributed by atoms with van der Waals surface area (Å²) in [4.78, 5) is 16.9.